The number of hydrogen-bond donors (Lipinski definition) is 1. The molecule has 1 amide bonds. The minimum atomic E-state index is -0.181. The van der Waals surface area contributed by atoms with E-state index in [2.05, 4.69) is 35.9 Å². The van der Waals surface area contributed by atoms with Crippen LogP contribution in [0, 0.1) is 0 Å². The van der Waals surface area contributed by atoms with Crippen LogP contribution in [0.4, 0.5) is 5.13 Å². The molecule has 1 aromatic heterocycles. The summed E-state index contributed by atoms with van der Waals surface area (Å²) in [6.07, 6.45) is 1.00. The van der Waals surface area contributed by atoms with Crippen LogP contribution in [-0.2, 0) is 11.2 Å². The summed E-state index contributed by atoms with van der Waals surface area (Å²) in [7, 11) is 0. The highest BCUT2D eigenvalue weighted by Crippen LogP contribution is 2.27. The maximum Gasteiger partial charge on any atom is 0.252 e. The largest absolute Gasteiger partial charge is 0.298 e. The quantitative estimate of drug-likeness (QED) is 0.844. The molecule has 17 heavy (non-hydrogen) atoms. The van der Waals surface area contributed by atoms with Crippen molar-refractivity contribution in [2.24, 2.45) is 0 Å². The van der Waals surface area contributed by atoms with Gasteiger partial charge in [-0.2, -0.15) is 0 Å². The molecule has 0 radical (unpaired) electrons. The summed E-state index contributed by atoms with van der Waals surface area (Å²) >= 11 is 1.49. The van der Waals surface area contributed by atoms with Gasteiger partial charge < -0.3 is 0 Å². The number of nitrogens with zero attached hydrogens (tertiary/aromatic N) is 1. The number of aromatic nitrogens is 1. The van der Waals surface area contributed by atoms with Gasteiger partial charge in [0, 0.05) is 5.57 Å². The van der Waals surface area contributed by atoms with E-state index in [-0.39, 0.29) is 5.91 Å². The maximum atomic E-state index is 11.5. The Hall–Kier alpha value is -1.68. The lowest BCUT2D eigenvalue weighted by atomic mass is 10.2. The van der Waals surface area contributed by atoms with Crippen LogP contribution in [0.2, 0.25) is 0 Å². The first-order valence-corrected chi connectivity index (χ1v) is 6.28. The molecule has 0 saturated heterocycles. The van der Waals surface area contributed by atoms with Crippen molar-refractivity contribution >= 4 is 32.6 Å². The van der Waals surface area contributed by atoms with Crippen LogP contribution in [-0.4, -0.2) is 10.9 Å². The van der Waals surface area contributed by atoms with Crippen LogP contribution in [0.1, 0.15) is 19.4 Å². The van der Waals surface area contributed by atoms with Crippen molar-refractivity contribution in [1.29, 1.82) is 0 Å². The Labute approximate surface area is 104 Å². The molecular weight excluding hydrogens is 232 g/mol. The summed E-state index contributed by atoms with van der Waals surface area (Å²) in [5, 5.41) is 3.36. The lowest BCUT2D eigenvalue weighted by Crippen LogP contribution is -2.11. The fraction of sp³-hybridized carbons (Fsp3) is 0.231. The van der Waals surface area contributed by atoms with E-state index in [4.69, 9.17) is 0 Å². The fourth-order valence-electron chi connectivity index (χ4n) is 1.45. The summed E-state index contributed by atoms with van der Waals surface area (Å²) in [6.45, 7) is 7.39. The molecule has 1 heterocycles. The smallest absolute Gasteiger partial charge is 0.252 e. The number of hydrogen-bond acceptors (Lipinski definition) is 3. The lowest BCUT2D eigenvalue weighted by Gasteiger charge is -1.97. The number of carbonyl (C=O) groups is 1. The van der Waals surface area contributed by atoms with E-state index in [1.54, 1.807) is 6.92 Å². The normalized spacial score (nSPS) is 10.5. The van der Waals surface area contributed by atoms with Gasteiger partial charge in [0.1, 0.15) is 0 Å². The van der Waals surface area contributed by atoms with E-state index in [1.165, 1.54) is 16.9 Å². The fourth-order valence-corrected chi connectivity index (χ4v) is 2.37. The van der Waals surface area contributed by atoms with E-state index in [1.807, 2.05) is 6.07 Å². The molecule has 0 bridgehead atoms. The number of amides is 1. The van der Waals surface area contributed by atoms with Gasteiger partial charge in [0.15, 0.2) is 5.13 Å². The predicted molar refractivity (Wildman–Crippen MR) is 72.4 cm³/mol. The number of nitrogens with one attached hydrogen (secondary N) is 1. The van der Waals surface area contributed by atoms with Gasteiger partial charge in [0.2, 0.25) is 0 Å². The standard InChI is InChI=1S/C13H14N2OS/c1-4-9-5-6-10-11(7-9)17-13(14-10)15-12(16)8(2)3/h5-7H,2,4H2,1,3H3,(H,14,15,16). The van der Waals surface area contributed by atoms with E-state index in [9.17, 15) is 4.79 Å². The number of aryl methyl sites for hydroxylation is 1. The molecular formula is C13H14N2OS. The van der Waals surface area contributed by atoms with Gasteiger partial charge in [-0.3, -0.25) is 10.1 Å². The second kappa shape index (κ2) is 4.67. The molecule has 2 aromatic rings. The van der Waals surface area contributed by atoms with Crippen LogP contribution in [0.3, 0.4) is 0 Å². The van der Waals surface area contributed by atoms with Crippen molar-refractivity contribution in [3.63, 3.8) is 0 Å². The molecule has 4 heteroatoms. The van der Waals surface area contributed by atoms with Crippen LogP contribution in [0.15, 0.2) is 30.4 Å². The summed E-state index contributed by atoms with van der Waals surface area (Å²) in [5.41, 5.74) is 2.68. The van der Waals surface area contributed by atoms with Gasteiger partial charge in [-0.25, -0.2) is 4.98 Å². The third-order valence-corrected chi connectivity index (χ3v) is 3.40. The molecule has 88 valence electrons. The van der Waals surface area contributed by atoms with Gasteiger partial charge in [0.05, 0.1) is 10.2 Å². The predicted octanol–water partition coefficient (Wildman–Crippen LogP) is 3.37. The van der Waals surface area contributed by atoms with Crippen molar-refractivity contribution in [3.8, 4) is 0 Å². The van der Waals surface area contributed by atoms with Gasteiger partial charge in [-0.15, -0.1) is 0 Å². The molecule has 0 unspecified atom stereocenters. The van der Waals surface area contributed by atoms with Crippen molar-refractivity contribution < 1.29 is 4.79 Å². The van der Waals surface area contributed by atoms with E-state index >= 15 is 0 Å². The van der Waals surface area contributed by atoms with Gasteiger partial charge in [0.25, 0.3) is 5.91 Å². The highest BCUT2D eigenvalue weighted by Gasteiger charge is 2.08. The first-order chi connectivity index (χ1) is 8.10. The van der Waals surface area contributed by atoms with Crippen molar-refractivity contribution in [2.75, 3.05) is 5.32 Å². The van der Waals surface area contributed by atoms with Gasteiger partial charge >= 0.3 is 0 Å². The van der Waals surface area contributed by atoms with Gasteiger partial charge in [-0.1, -0.05) is 30.9 Å². The zero-order chi connectivity index (χ0) is 12.4. The summed E-state index contributed by atoms with van der Waals surface area (Å²) < 4.78 is 1.10. The molecule has 0 fully saturated rings. The minimum absolute atomic E-state index is 0.181. The Kier molecular flexibility index (Phi) is 3.24. The highest BCUT2D eigenvalue weighted by molar-refractivity contribution is 7.22. The van der Waals surface area contributed by atoms with E-state index < -0.39 is 0 Å². The second-order valence-corrected chi connectivity index (χ2v) is 4.94. The Balaban J connectivity index is 2.31. The Morgan fingerprint density at radius 3 is 2.94 bits per heavy atom. The molecule has 0 aliphatic carbocycles. The molecule has 1 N–H and O–H groups in total. The summed E-state index contributed by atoms with van der Waals surface area (Å²) in [5.74, 6) is -0.181. The molecule has 3 nitrogen and oxygen atoms in total. The number of anilines is 1. The summed E-state index contributed by atoms with van der Waals surface area (Å²) in [6, 6.07) is 6.16. The average molecular weight is 246 g/mol. The van der Waals surface area contributed by atoms with Crippen LogP contribution in [0.5, 0.6) is 0 Å². The number of rotatable bonds is 3. The molecule has 1 aromatic carbocycles. The van der Waals surface area contributed by atoms with E-state index in [0.717, 1.165) is 16.6 Å². The van der Waals surface area contributed by atoms with Crippen LogP contribution >= 0.6 is 11.3 Å². The molecule has 2 rings (SSSR count). The zero-order valence-electron chi connectivity index (χ0n) is 9.91. The SMILES string of the molecule is C=C(C)C(=O)Nc1nc2ccc(CC)cc2s1. The first kappa shape index (κ1) is 11.8. The highest BCUT2D eigenvalue weighted by atomic mass is 32.1. The van der Waals surface area contributed by atoms with Crippen LogP contribution in [0.25, 0.3) is 10.2 Å². The summed E-state index contributed by atoms with van der Waals surface area (Å²) in [4.78, 5) is 15.8. The topological polar surface area (TPSA) is 42.0 Å². The third-order valence-electron chi connectivity index (χ3n) is 2.47. The second-order valence-electron chi connectivity index (χ2n) is 3.91. The molecule has 0 aliphatic rings. The average Bonchev–Trinajstić information content (AvgIpc) is 2.69. The molecule has 0 aliphatic heterocycles. The Morgan fingerprint density at radius 2 is 2.29 bits per heavy atom. The van der Waals surface area contributed by atoms with Crippen LogP contribution < -0.4 is 5.32 Å². The van der Waals surface area contributed by atoms with Gasteiger partial charge in [-0.05, 0) is 31.0 Å². The zero-order valence-corrected chi connectivity index (χ0v) is 10.7. The van der Waals surface area contributed by atoms with Crippen molar-refractivity contribution in [1.82, 2.24) is 4.98 Å². The Morgan fingerprint density at radius 1 is 1.53 bits per heavy atom. The van der Waals surface area contributed by atoms with Crippen molar-refractivity contribution in [3.05, 3.63) is 35.9 Å². The maximum absolute atomic E-state index is 11.5. The number of benzene rings is 1. The number of fused-ring (bicyclic) bond motifs is 1. The number of carbonyl (C=O) groups excluding carboxylic acids is 1. The van der Waals surface area contributed by atoms with E-state index in [0.29, 0.717) is 10.7 Å². The number of thiazole rings is 1. The Bertz CT molecular complexity index is 586. The first-order valence-electron chi connectivity index (χ1n) is 5.46. The molecule has 0 spiro atoms. The van der Waals surface area contributed by atoms with Crippen molar-refractivity contribution in [2.45, 2.75) is 20.3 Å². The lowest BCUT2D eigenvalue weighted by molar-refractivity contribution is -0.112. The monoisotopic (exact) mass is 246 g/mol. The minimum Gasteiger partial charge on any atom is -0.298 e. The molecule has 0 saturated carbocycles. The molecule has 0 atom stereocenters. The third kappa shape index (κ3) is 2.53.